The quantitative estimate of drug-likeness (QED) is 0.765. The van der Waals surface area contributed by atoms with Crippen molar-refractivity contribution in [3.8, 4) is 0 Å². The minimum absolute atomic E-state index is 0.745. The van der Waals surface area contributed by atoms with Gasteiger partial charge in [0.2, 0.25) is 0 Å². The largest absolute Gasteiger partial charge is 0.312 e. The number of nitrogens with zero attached hydrogens (tertiary/aromatic N) is 1. The lowest BCUT2D eigenvalue weighted by Gasteiger charge is -2.41. The van der Waals surface area contributed by atoms with E-state index in [1.165, 1.54) is 51.6 Å². The highest BCUT2D eigenvalue weighted by Crippen LogP contribution is 2.33. The molecule has 0 aromatic carbocycles. The van der Waals surface area contributed by atoms with Crippen LogP contribution >= 0.6 is 0 Å². The molecule has 0 heterocycles. The SMILES string of the molecule is CCCNC1CCC(C)CC1N(C)CC1CC1. The summed E-state index contributed by atoms with van der Waals surface area (Å²) in [6, 6.07) is 1.53. The van der Waals surface area contributed by atoms with Gasteiger partial charge in [0.05, 0.1) is 0 Å². The van der Waals surface area contributed by atoms with Crippen LogP contribution in [0.3, 0.4) is 0 Å². The van der Waals surface area contributed by atoms with Crippen molar-refractivity contribution in [2.24, 2.45) is 11.8 Å². The maximum atomic E-state index is 3.77. The van der Waals surface area contributed by atoms with Gasteiger partial charge in [-0.1, -0.05) is 13.8 Å². The highest BCUT2D eigenvalue weighted by atomic mass is 15.2. The molecule has 100 valence electrons. The molecule has 2 saturated carbocycles. The van der Waals surface area contributed by atoms with E-state index in [2.05, 4.69) is 31.1 Å². The third-order valence-corrected chi connectivity index (χ3v) is 4.54. The van der Waals surface area contributed by atoms with Crippen LogP contribution in [-0.2, 0) is 0 Å². The van der Waals surface area contributed by atoms with Crippen molar-refractivity contribution in [1.82, 2.24) is 10.2 Å². The Balaban J connectivity index is 1.86. The fourth-order valence-corrected chi connectivity index (χ4v) is 3.25. The van der Waals surface area contributed by atoms with Crippen LogP contribution in [0, 0.1) is 11.8 Å². The molecule has 2 fully saturated rings. The van der Waals surface area contributed by atoms with E-state index in [9.17, 15) is 0 Å². The molecule has 3 atom stereocenters. The molecule has 0 amide bonds. The zero-order chi connectivity index (χ0) is 12.3. The summed E-state index contributed by atoms with van der Waals surface area (Å²) in [4.78, 5) is 2.65. The molecule has 0 spiro atoms. The van der Waals surface area contributed by atoms with Crippen molar-refractivity contribution in [2.75, 3.05) is 20.1 Å². The Morgan fingerprint density at radius 3 is 2.59 bits per heavy atom. The highest BCUT2D eigenvalue weighted by Gasteiger charge is 2.33. The van der Waals surface area contributed by atoms with Crippen LogP contribution in [0.4, 0.5) is 0 Å². The first-order valence-electron chi connectivity index (χ1n) is 7.64. The molecular formula is C15H30N2. The Morgan fingerprint density at radius 1 is 1.18 bits per heavy atom. The van der Waals surface area contributed by atoms with E-state index in [-0.39, 0.29) is 0 Å². The van der Waals surface area contributed by atoms with E-state index in [0.29, 0.717) is 0 Å². The summed E-state index contributed by atoms with van der Waals surface area (Å²) < 4.78 is 0. The number of hydrogen-bond donors (Lipinski definition) is 1. The molecule has 0 saturated heterocycles. The lowest BCUT2D eigenvalue weighted by Crippen LogP contribution is -2.52. The molecule has 2 aliphatic rings. The molecule has 3 unspecified atom stereocenters. The van der Waals surface area contributed by atoms with Gasteiger partial charge in [0, 0.05) is 18.6 Å². The third-order valence-electron chi connectivity index (χ3n) is 4.54. The summed E-state index contributed by atoms with van der Waals surface area (Å²) in [6.07, 6.45) is 8.38. The molecular weight excluding hydrogens is 208 g/mol. The Hall–Kier alpha value is -0.0800. The normalized spacial score (nSPS) is 34.2. The predicted octanol–water partition coefficient (Wildman–Crippen LogP) is 2.89. The standard InChI is InChI=1S/C15H30N2/c1-4-9-16-14-8-5-12(2)10-15(14)17(3)11-13-6-7-13/h12-16H,4-11H2,1-3H3. The van der Waals surface area contributed by atoms with Gasteiger partial charge in [0.15, 0.2) is 0 Å². The van der Waals surface area contributed by atoms with Crippen LogP contribution in [0.25, 0.3) is 0 Å². The summed E-state index contributed by atoms with van der Waals surface area (Å²) in [6.45, 7) is 7.21. The van der Waals surface area contributed by atoms with Crippen LogP contribution in [0.5, 0.6) is 0 Å². The zero-order valence-electron chi connectivity index (χ0n) is 11.9. The molecule has 2 nitrogen and oxygen atoms in total. The zero-order valence-corrected chi connectivity index (χ0v) is 11.9. The van der Waals surface area contributed by atoms with Crippen molar-refractivity contribution < 1.29 is 0 Å². The lowest BCUT2D eigenvalue weighted by atomic mass is 9.82. The Kier molecular flexibility index (Phi) is 4.87. The first-order valence-corrected chi connectivity index (χ1v) is 7.64. The third kappa shape index (κ3) is 3.96. The van der Waals surface area contributed by atoms with Gasteiger partial charge in [-0.2, -0.15) is 0 Å². The van der Waals surface area contributed by atoms with Gasteiger partial charge in [0.25, 0.3) is 0 Å². The van der Waals surface area contributed by atoms with E-state index in [4.69, 9.17) is 0 Å². The minimum Gasteiger partial charge on any atom is -0.312 e. The Labute approximate surface area is 107 Å². The Bertz CT molecular complexity index is 223. The highest BCUT2D eigenvalue weighted by molar-refractivity contribution is 4.91. The number of likely N-dealkylation sites (N-methyl/N-ethyl adjacent to an activating group) is 1. The van der Waals surface area contributed by atoms with Crippen molar-refractivity contribution in [3.05, 3.63) is 0 Å². The van der Waals surface area contributed by atoms with Gasteiger partial charge >= 0.3 is 0 Å². The first-order chi connectivity index (χ1) is 8.20. The minimum atomic E-state index is 0.745. The van der Waals surface area contributed by atoms with Crippen molar-refractivity contribution in [1.29, 1.82) is 0 Å². The van der Waals surface area contributed by atoms with Gasteiger partial charge in [-0.05, 0) is 64.0 Å². The van der Waals surface area contributed by atoms with Gasteiger partial charge in [-0.3, -0.25) is 0 Å². The van der Waals surface area contributed by atoms with Gasteiger partial charge < -0.3 is 10.2 Å². The molecule has 17 heavy (non-hydrogen) atoms. The second-order valence-electron chi connectivity index (χ2n) is 6.43. The van der Waals surface area contributed by atoms with E-state index >= 15 is 0 Å². The summed E-state index contributed by atoms with van der Waals surface area (Å²) >= 11 is 0. The van der Waals surface area contributed by atoms with Crippen LogP contribution < -0.4 is 5.32 Å². The summed E-state index contributed by atoms with van der Waals surface area (Å²) in [5.74, 6) is 1.94. The first kappa shape index (κ1) is 13.4. The molecule has 0 radical (unpaired) electrons. The van der Waals surface area contributed by atoms with Crippen molar-refractivity contribution >= 4 is 0 Å². The molecule has 2 rings (SSSR count). The number of nitrogens with one attached hydrogen (secondary N) is 1. The molecule has 0 bridgehead atoms. The maximum absolute atomic E-state index is 3.77. The van der Waals surface area contributed by atoms with Crippen LogP contribution in [0.2, 0.25) is 0 Å². The second kappa shape index (κ2) is 6.19. The van der Waals surface area contributed by atoms with E-state index in [1.807, 2.05) is 0 Å². The lowest BCUT2D eigenvalue weighted by molar-refractivity contribution is 0.120. The second-order valence-corrected chi connectivity index (χ2v) is 6.43. The average Bonchev–Trinajstić information content (AvgIpc) is 3.11. The van der Waals surface area contributed by atoms with Gasteiger partial charge in [0.1, 0.15) is 0 Å². The summed E-state index contributed by atoms with van der Waals surface area (Å²) in [5, 5.41) is 3.77. The van der Waals surface area contributed by atoms with Crippen LogP contribution in [0.1, 0.15) is 52.4 Å². The van der Waals surface area contributed by atoms with Gasteiger partial charge in [-0.25, -0.2) is 0 Å². The van der Waals surface area contributed by atoms with E-state index in [1.54, 1.807) is 0 Å². The monoisotopic (exact) mass is 238 g/mol. The topological polar surface area (TPSA) is 15.3 Å². The molecule has 0 aromatic rings. The molecule has 2 aliphatic carbocycles. The summed E-state index contributed by atoms with van der Waals surface area (Å²) in [7, 11) is 2.35. The van der Waals surface area contributed by atoms with Crippen LogP contribution in [-0.4, -0.2) is 37.1 Å². The van der Waals surface area contributed by atoms with Gasteiger partial charge in [-0.15, -0.1) is 0 Å². The maximum Gasteiger partial charge on any atom is 0.0248 e. The number of rotatable bonds is 6. The smallest absolute Gasteiger partial charge is 0.0248 e. The average molecular weight is 238 g/mol. The Morgan fingerprint density at radius 2 is 1.94 bits per heavy atom. The van der Waals surface area contributed by atoms with Crippen molar-refractivity contribution in [3.63, 3.8) is 0 Å². The van der Waals surface area contributed by atoms with Crippen molar-refractivity contribution in [2.45, 2.75) is 64.5 Å². The van der Waals surface area contributed by atoms with E-state index in [0.717, 1.165) is 23.9 Å². The van der Waals surface area contributed by atoms with E-state index < -0.39 is 0 Å². The fraction of sp³-hybridized carbons (Fsp3) is 1.00. The number of hydrogen-bond acceptors (Lipinski definition) is 2. The molecule has 0 aliphatic heterocycles. The predicted molar refractivity (Wildman–Crippen MR) is 74.2 cm³/mol. The molecule has 2 heteroatoms. The molecule has 1 N–H and O–H groups in total. The summed E-state index contributed by atoms with van der Waals surface area (Å²) in [5.41, 5.74) is 0. The fourth-order valence-electron chi connectivity index (χ4n) is 3.25. The molecule has 0 aromatic heterocycles. The van der Waals surface area contributed by atoms with Crippen LogP contribution in [0.15, 0.2) is 0 Å².